The molecule has 0 radical (unpaired) electrons. The van der Waals surface area contributed by atoms with Gasteiger partial charge in [0, 0.05) is 0 Å². The first-order valence-electron chi connectivity index (χ1n) is 4.38. The van der Waals surface area contributed by atoms with Gasteiger partial charge < -0.3 is 5.73 Å². The molecule has 0 saturated heterocycles. The second-order valence-electron chi connectivity index (χ2n) is 3.45. The number of allylic oxidation sites excluding steroid dienone is 2. The molecule has 0 spiro atoms. The van der Waals surface area contributed by atoms with E-state index < -0.39 is 6.03 Å². The number of nitrogens with two attached hydrogens (primary N) is 1. The molecule has 0 aromatic heterocycles. The average molecular weight is 181 g/mol. The maximum atomic E-state index is 10.4. The quantitative estimate of drug-likeness (QED) is 0.490. The Kier molecular flexibility index (Phi) is 3.06. The second kappa shape index (κ2) is 4.07. The highest BCUT2D eigenvalue weighted by Gasteiger charge is 2.14. The van der Waals surface area contributed by atoms with Crippen LogP contribution in [0.15, 0.2) is 16.8 Å². The Bertz CT molecular complexity index is 268. The molecule has 1 atom stereocenters. The summed E-state index contributed by atoms with van der Waals surface area (Å²) in [6.07, 6.45) is 4.29. The fourth-order valence-corrected chi connectivity index (χ4v) is 1.39. The van der Waals surface area contributed by atoms with Crippen molar-refractivity contribution in [3.63, 3.8) is 0 Å². The molecule has 2 amide bonds. The molecule has 0 bridgehead atoms. The van der Waals surface area contributed by atoms with Crippen LogP contribution in [0, 0.1) is 5.92 Å². The minimum absolute atomic E-state index is 0.619. The van der Waals surface area contributed by atoms with Crippen LogP contribution >= 0.6 is 0 Å². The number of carbonyl (C=O) groups excluding carboxylic acids is 1. The van der Waals surface area contributed by atoms with Crippen molar-refractivity contribution in [2.75, 3.05) is 0 Å². The summed E-state index contributed by atoms with van der Waals surface area (Å²) in [7, 11) is 0. The van der Waals surface area contributed by atoms with E-state index in [1.54, 1.807) is 0 Å². The monoisotopic (exact) mass is 181 g/mol. The smallest absolute Gasteiger partial charge is 0.332 e. The van der Waals surface area contributed by atoms with Crippen LogP contribution in [0.25, 0.3) is 0 Å². The van der Waals surface area contributed by atoms with E-state index in [0.717, 1.165) is 18.6 Å². The van der Waals surface area contributed by atoms with E-state index in [0.29, 0.717) is 5.92 Å². The molecular formula is C9H15N3O. The molecule has 0 aromatic carbocycles. The van der Waals surface area contributed by atoms with Crippen LogP contribution in [0.3, 0.4) is 0 Å². The Labute approximate surface area is 77.9 Å². The van der Waals surface area contributed by atoms with Gasteiger partial charge in [-0.1, -0.05) is 13.0 Å². The molecule has 0 heterocycles. The van der Waals surface area contributed by atoms with Crippen molar-refractivity contribution in [3.05, 3.63) is 11.6 Å². The summed E-state index contributed by atoms with van der Waals surface area (Å²) >= 11 is 0. The number of primary amides is 1. The predicted molar refractivity (Wildman–Crippen MR) is 52.3 cm³/mol. The van der Waals surface area contributed by atoms with Crippen molar-refractivity contribution < 1.29 is 4.79 Å². The Morgan fingerprint density at radius 1 is 1.77 bits per heavy atom. The van der Waals surface area contributed by atoms with Gasteiger partial charge in [-0.25, -0.2) is 10.2 Å². The number of hydrogen-bond acceptors (Lipinski definition) is 2. The summed E-state index contributed by atoms with van der Waals surface area (Å²) in [6, 6.07) is -0.619. The van der Waals surface area contributed by atoms with Gasteiger partial charge in [-0.05, 0) is 31.3 Å². The number of hydrogen-bond donors (Lipinski definition) is 2. The first-order valence-corrected chi connectivity index (χ1v) is 4.38. The van der Waals surface area contributed by atoms with Gasteiger partial charge in [0.1, 0.15) is 0 Å². The summed E-state index contributed by atoms with van der Waals surface area (Å²) in [5, 5.41) is 3.86. The van der Waals surface area contributed by atoms with Gasteiger partial charge in [0.25, 0.3) is 0 Å². The zero-order valence-corrected chi connectivity index (χ0v) is 8.00. The maximum absolute atomic E-state index is 10.4. The molecule has 0 saturated carbocycles. The van der Waals surface area contributed by atoms with Crippen LogP contribution in [0.4, 0.5) is 4.79 Å². The molecule has 0 fully saturated rings. The van der Waals surface area contributed by atoms with E-state index in [-0.39, 0.29) is 0 Å². The lowest BCUT2D eigenvalue weighted by Gasteiger charge is -2.02. The molecular weight excluding hydrogens is 166 g/mol. The van der Waals surface area contributed by atoms with E-state index in [9.17, 15) is 4.79 Å². The van der Waals surface area contributed by atoms with Crippen molar-refractivity contribution >= 4 is 11.7 Å². The van der Waals surface area contributed by atoms with Gasteiger partial charge in [-0.3, -0.25) is 0 Å². The number of urea groups is 1. The van der Waals surface area contributed by atoms with E-state index in [2.05, 4.69) is 23.5 Å². The summed E-state index contributed by atoms with van der Waals surface area (Å²) in [6.45, 7) is 4.07. The molecule has 0 aliphatic heterocycles. The normalized spacial score (nSPS) is 22.8. The third-order valence-corrected chi connectivity index (χ3v) is 2.13. The highest BCUT2D eigenvalue weighted by Crippen LogP contribution is 2.24. The Balaban J connectivity index is 2.52. The zero-order chi connectivity index (χ0) is 9.84. The van der Waals surface area contributed by atoms with Crippen LogP contribution in [0.1, 0.15) is 26.7 Å². The van der Waals surface area contributed by atoms with Crippen molar-refractivity contribution in [2.24, 2.45) is 16.8 Å². The summed E-state index contributed by atoms with van der Waals surface area (Å²) in [5.41, 5.74) is 9.17. The van der Waals surface area contributed by atoms with Crippen LogP contribution in [0.2, 0.25) is 0 Å². The van der Waals surface area contributed by atoms with Gasteiger partial charge in [-0.2, -0.15) is 5.10 Å². The first kappa shape index (κ1) is 9.77. The van der Waals surface area contributed by atoms with Crippen LogP contribution in [-0.4, -0.2) is 11.7 Å². The SMILES string of the molecule is C/C(=N\NC(N)=O)C1=CCC(C)C1. The molecule has 3 N–H and O–H groups in total. The minimum Gasteiger partial charge on any atom is -0.350 e. The minimum atomic E-state index is -0.619. The molecule has 13 heavy (non-hydrogen) atoms. The number of nitrogens with one attached hydrogen (secondary N) is 1. The largest absolute Gasteiger partial charge is 0.350 e. The predicted octanol–water partition coefficient (Wildman–Crippen LogP) is 1.39. The summed E-state index contributed by atoms with van der Waals surface area (Å²) < 4.78 is 0. The highest BCUT2D eigenvalue weighted by molar-refractivity contribution is 5.99. The highest BCUT2D eigenvalue weighted by atomic mass is 16.2. The van der Waals surface area contributed by atoms with E-state index >= 15 is 0 Å². The number of carbonyl (C=O) groups is 1. The molecule has 1 rings (SSSR count). The lowest BCUT2D eigenvalue weighted by Crippen LogP contribution is -2.25. The van der Waals surface area contributed by atoms with Gasteiger partial charge in [0.15, 0.2) is 0 Å². The van der Waals surface area contributed by atoms with Gasteiger partial charge >= 0.3 is 6.03 Å². The fraction of sp³-hybridized carbons (Fsp3) is 0.556. The van der Waals surface area contributed by atoms with Crippen molar-refractivity contribution in [2.45, 2.75) is 26.7 Å². The van der Waals surface area contributed by atoms with Crippen molar-refractivity contribution in [3.8, 4) is 0 Å². The Morgan fingerprint density at radius 2 is 2.46 bits per heavy atom. The summed E-state index contributed by atoms with van der Waals surface area (Å²) in [4.78, 5) is 10.4. The Morgan fingerprint density at radius 3 is 2.92 bits per heavy atom. The van der Waals surface area contributed by atoms with Gasteiger partial charge in [-0.15, -0.1) is 0 Å². The Hall–Kier alpha value is -1.32. The van der Waals surface area contributed by atoms with E-state index in [1.807, 2.05) is 6.92 Å². The number of amides is 2. The van der Waals surface area contributed by atoms with Crippen molar-refractivity contribution in [1.82, 2.24) is 5.43 Å². The molecule has 4 nitrogen and oxygen atoms in total. The summed E-state index contributed by atoms with van der Waals surface area (Å²) in [5.74, 6) is 0.689. The van der Waals surface area contributed by atoms with Gasteiger partial charge in [0.05, 0.1) is 5.71 Å². The molecule has 4 heteroatoms. The maximum Gasteiger partial charge on any atom is 0.332 e. The topological polar surface area (TPSA) is 67.5 Å². The van der Waals surface area contributed by atoms with Crippen molar-refractivity contribution in [1.29, 1.82) is 0 Å². The lowest BCUT2D eigenvalue weighted by atomic mass is 10.1. The molecule has 72 valence electrons. The molecule has 1 aliphatic carbocycles. The molecule has 1 unspecified atom stereocenters. The third kappa shape index (κ3) is 2.89. The molecule has 1 aliphatic rings. The van der Waals surface area contributed by atoms with Crippen LogP contribution < -0.4 is 11.2 Å². The average Bonchev–Trinajstić information content (AvgIpc) is 2.47. The van der Waals surface area contributed by atoms with E-state index in [1.165, 1.54) is 5.57 Å². The number of nitrogens with zero attached hydrogens (tertiary/aromatic N) is 1. The zero-order valence-electron chi connectivity index (χ0n) is 8.00. The van der Waals surface area contributed by atoms with Gasteiger partial charge in [0.2, 0.25) is 0 Å². The van der Waals surface area contributed by atoms with Crippen LogP contribution in [0.5, 0.6) is 0 Å². The first-order chi connectivity index (χ1) is 6.09. The second-order valence-corrected chi connectivity index (χ2v) is 3.45. The standard InChI is InChI=1S/C9H15N3O/c1-6-3-4-8(5-6)7(2)11-12-9(10)13/h4,6H,3,5H2,1-2H3,(H3,10,12,13)/b11-7+. The van der Waals surface area contributed by atoms with Crippen LogP contribution in [-0.2, 0) is 0 Å². The fourth-order valence-electron chi connectivity index (χ4n) is 1.39. The van der Waals surface area contributed by atoms with E-state index in [4.69, 9.17) is 5.73 Å². The molecule has 0 aromatic rings. The number of rotatable bonds is 2. The number of hydrazone groups is 1. The third-order valence-electron chi connectivity index (χ3n) is 2.13. The lowest BCUT2D eigenvalue weighted by molar-refractivity contribution is 0.249.